The molecule has 3 aromatic rings. The second-order valence-electron chi connectivity index (χ2n) is 9.00. The summed E-state index contributed by atoms with van der Waals surface area (Å²) < 4.78 is 13.5. The number of carbonyl (C=O) groups excluding carboxylic acids is 2. The van der Waals surface area contributed by atoms with Gasteiger partial charge in [0.1, 0.15) is 11.1 Å². The molecule has 2 aliphatic rings. The fraction of sp³-hybridized carbons (Fsp3) is 0.179. The fourth-order valence-corrected chi connectivity index (χ4v) is 5.29. The average molecular weight is 531 g/mol. The summed E-state index contributed by atoms with van der Waals surface area (Å²) in [7, 11) is 0. The molecule has 0 aliphatic carbocycles. The number of carboxylic acid groups (broad SMARTS) is 1. The summed E-state index contributed by atoms with van der Waals surface area (Å²) in [6, 6.07) is 19.7. The van der Waals surface area contributed by atoms with Gasteiger partial charge in [0.2, 0.25) is 5.91 Å². The molecule has 5 rings (SSSR count). The van der Waals surface area contributed by atoms with Gasteiger partial charge in [-0.1, -0.05) is 53.7 Å². The normalized spacial score (nSPS) is 18.8. The number of carboxylic acids is 1. The third-order valence-electron chi connectivity index (χ3n) is 6.26. The Labute approximate surface area is 222 Å². The Morgan fingerprint density at radius 2 is 1.74 bits per heavy atom. The van der Waals surface area contributed by atoms with Gasteiger partial charge in [-0.05, 0) is 54.4 Å². The zero-order valence-electron chi connectivity index (χ0n) is 20.3. The Morgan fingerprint density at radius 3 is 2.39 bits per heavy atom. The van der Waals surface area contributed by atoms with Crippen LogP contribution >= 0.6 is 11.8 Å². The van der Waals surface area contributed by atoms with Crippen LogP contribution in [0.4, 0.5) is 10.1 Å². The zero-order chi connectivity index (χ0) is 26.8. The number of nitrogens with one attached hydrogen (secondary N) is 1. The van der Waals surface area contributed by atoms with E-state index in [9.17, 15) is 18.8 Å². The van der Waals surface area contributed by atoms with Crippen LogP contribution in [0.2, 0.25) is 0 Å². The molecule has 2 aliphatic heterocycles. The summed E-state index contributed by atoms with van der Waals surface area (Å²) in [6.07, 6.45) is 0.439. The van der Waals surface area contributed by atoms with E-state index in [2.05, 4.69) is 10.3 Å². The Balaban J connectivity index is 1.32. The number of amides is 2. The van der Waals surface area contributed by atoms with E-state index in [0.29, 0.717) is 17.3 Å². The standard InChI is InChI=1S/C28H23FN4O4S/c1-16-2-4-18(5-3-16)23-14-22(17-6-10-20(29)11-7-17)32-33(23)28-31-26(35)24(38-28)15-25(34)30-21-12-8-19(9-13-21)27(36)37/h2-13,23-24H,14-15H2,1H3,(H,30,34)(H,36,37)/t23-,24+/m0/s1. The summed E-state index contributed by atoms with van der Waals surface area (Å²) >= 11 is 1.18. The Kier molecular flexibility index (Phi) is 7.06. The smallest absolute Gasteiger partial charge is 0.335 e. The molecule has 2 atom stereocenters. The van der Waals surface area contributed by atoms with Gasteiger partial charge in [0, 0.05) is 18.5 Å². The van der Waals surface area contributed by atoms with Gasteiger partial charge in [0.05, 0.1) is 17.3 Å². The molecule has 0 saturated carbocycles. The van der Waals surface area contributed by atoms with Gasteiger partial charge in [-0.15, -0.1) is 0 Å². The number of hydrogen-bond donors (Lipinski definition) is 2. The van der Waals surface area contributed by atoms with Crippen LogP contribution in [0.5, 0.6) is 0 Å². The van der Waals surface area contributed by atoms with E-state index in [-0.39, 0.29) is 29.8 Å². The van der Waals surface area contributed by atoms with E-state index in [4.69, 9.17) is 10.2 Å². The van der Waals surface area contributed by atoms with Crippen LogP contribution in [0.25, 0.3) is 0 Å². The van der Waals surface area contributed by atoms with E-state index in [1.807, 2.05) is 31.2 Å². The number of hydrazone groups is 1. The van der Waals surface area contributed by atoms with E-state index in [1.165, 1.54) is 48.2 Å². The van der Waals surface area contributed by atoms with Gasteiger partial charge < -0.3 is 10.4 Å². The highest BCUT2D eigenvalue weighted by molar-refractivity contribution is 8.15. The predicted molar refractivity (Wildman–Crippen MR) is 144 cm³/mol. The molecule has 0 radical (unpaired) electrons. The minimum atomic E-state index is -1.06. The molecule has 0 unspecified atom stereocenters. The van der Waals surface area contributed by atoms with Gasteiger partial charge in [0.15, 0.2) is 5.17 Å². The van der Waals surface area contributed by atoms with Crippen molar-refractivity contribution in [2.24, 2.45) is 10.1 Å². The van der Waals surface area contributed by atoms with Crippen LogP contribution in [0.3, 0.4) is 0 Å². The van der Waals surface area contributed by atoms with Crippen molar-refractivity contribution in [3.63, 3.8) is 0 Å². The van der Waals surface area contributed by atoms with Crippen molar-refractivity contribution < 1.29 is 23.9 Å². The minimum Gasteiger partial charge on any atom is -0.478 e. The Morgan fingerprint density at radius 1 is 1.05 bits per heavy atom. The number of thioether (sulfide) groups is 1. The summed E-state index contributed by atoms with van der Waals surface area (Å²) in [5, 5.41) is 17.9. The quantitative estimate of drug-likeness (QED) is 0.464. The first-order chi connectivity index (χ1) is 18.3. The molecule has 0 saturated heterocycles. The van der Waals surface area contributed by atoms with Crippen molar-refractivity contribution in [2.75, 3.05) is 5.32 Å². The lowest BCUT2D eigenvalue weighted by Gasteiger charge is -2.23. The number of amidine groups is 1. The maximum absolute atomic E-state index is 13.5. The van der Waals surface area contributed by atoms with Crippen molar-refractivity contribution >= 4 is 46.1 Å². The molecular formula is C28H23FN4O4S. The molecule has 2 heterocycles. The van der Waals surface area contributed by atoms with Gasteiger partial charge in [0.25, 0.3) is 5.91 Å². The summed E-state index contributed by atoms with van der Waals surface area (Å²) in [4.78, 5) is 40.6. The number of carbonyl (C=O) groups is 3. The molecule has 2 N–H and O–H groups in total. The van der Waals surface area contributed by atoms with E-state index in [0.717, 1.165) is 22.4 Å². The van der Waals surface area contributed by atoms with Crippen LogP contribution in [-0.4, -0.2) is 44.0 Å². The highest BCUT2D eigenvalue weighted by Crippen LogP contribution is 2.38. The van der Waals surface area contributed by atoms with Crippen LogP contribution in [0, 0.1) is 12.7 Å². The SMILES string of the molecule is Cc1ccc([C@@H]2CC(c3ccc(F)cc3)=NN2C2=NC(=O)[C@@H](CC(=O)Nc3ccc(C(=O)O)cc3)S2)cc1. The maximum atomic E-state index is 13.5. The molecule has 10 heteroatoms. The monoisotopic (exact) mass is 530 g/mol. The number of aliphatic imine (C=N–C) groups is 1. The molecule has 8 nitrogen and oxygen atoms in total. The van der Waals surface area contributed by atoms with Crippen molar-refractivity contribution in [3.8, 4) is 0 Å². The number of halogens is 1. The minimum absolute atomic E-state index is 0.102. The van der Waals surface area contributed by atoms with E-state index in [1.54, 1.807) is 17.1 Å². The number of nitrogens with zero attached hydrogens (tertiary/aromatic N) is 3. The van der Waals surface area contributed by atoms with Gasteiger partial charge in [-0.3, -0.25) is 9.59 Å². The molecule has 2 amide bonds. The van der Waals surface area contributed by atoms with Crippen molar-refractivity contribution in [3.05, 3.63) is 101 Å². The topological polar surface area (TPSA) is 111 Å². The highest BCUT2D eigenvalue weighted by Gasteiger charge is 2.39. The van der Waals surface area contributed by atoms with Crippen LogP contribution in [0.1, 0.15) is 45.9 Å². The molecule has 0 fully saturated rings. The summed E-state index contributed by atoms with van der Waals surface area (Å²) in [5.74, 6) is -2.20. The number of benzene rings is 3. The number of aryl methyl sites for hydroxylation is 1. The first-order valence-electron chi connectivity index (χ1n) is 11.9. The van der Waals surface area contributed by atoms with Crippen molar-refractivity contribution in [1.82, 2.24) is 5.01 Å². The lowest BCUT2D eigenvalue weighted by atomic mass is 9.98. The molecule has 0 bridgehead atoms. The van der Waals surface area contributed by atoms with E-state index < -0.39 is 17.1 Å². The lowest BCUT2D eigenvalue weighted by molar-refractivity contribution is -0.121. The Hall–Kier alpha value is -4.31. The van der Waals surface area contributed by atoms with Crippen molar-refractivity contribution in [2.45, 2.75) is 31.1 Å². The van der Waals surface area contributed by atoms with Crippen molar-refractivity contribution in [1.29, 1.82) is 0 Å². The predicted octanol–water partition coefficient (Wildman–Crippen LogP) is 5.01. The number of hydrogen-bond acceptors (Lipinski definition) is 6. The molecule has 38 heavy (non-hydrogen) atoms. The number of anilines is 1. The molecule has 0 spiro atoms. The van der Waals surface area contributed by atoms with E-state index >= 15 is 0 Å². The maximum Gasteiger partial charge on any atom is 0.335 e. The largest absolute Gasteiger partial charge is 0.478 e. The van der Waals surface area contributed by atoms with Crippen LogP contribution in [0.15, 0.2) is 82.9 Å². The third-order valence-corrected chi connectivity index (χ3v) is 7.40. The van der Waals surface area contributed by atoms with Gasteiger partial charge in [-0.2, -0.15) is 10.1 Å². The van der Waals surface area contributed by atoms with Gasteiger partial charge in [-0.25, -0.2) is 14.2 Å². The second-order valence-corrected chi connectivity index (χ2v) is 10.2. The molecule has 0 aromatic heterocycles. The molecule has 192 valence electrons. The lowest BCUT2D eigenvalue weighted by Crippen LogP contribution is -2.25. The van der Waals surface area contributed by atoms with Crippen LogP contribution < -0.4 is 5.32 Å². The Bertz CT molecular complexity index is 1450. The number of aromatic carboxylic acids is 1. The molecular weight excluding hydrogens is 507 g/mol. The summed E-state index contributed by atoms with van der Waals surface area (Å²) in [5.41, 5.74) is 4.19. The summed E-state index contributed by atoms with van der Waals surface area (Å²) in [6.45, 7) is 2.00. The number of rotatable bonds is 6. The zero-order valence-corrected chi connectivity index (χ0v) is 21.1. The highest BCUT2D eigenvalue weighted by atomic mass is 32.2. The first-order valence-corrected chi connectivity index (χ1v) is 12.8. The first kappa shape index (κ1) is 25.3. The average Bonchev–Trinajstić information content (AvgIpc) is 3.49. The molecule has 3 aromatic carbocycles. The van der Waals surface area contributed by atoms with Crippen LogP contribution in [-0.2, 0) is 9.59 Å². The third kappa shape index (κ3) is 5.50. The van der Waals surface area contributed by atoms with Gasteiger partial charge >= 0.3 is 5.97 Å². The second kappa shape index (κ2) is 10.6. The fourth-order valence-electron chi connectivity index (χ4n) is 4.23.